The summed E-state index contributed by atoms with van der Waals surface area (Å²) in [5, 5.41) is 28.7. The van der Waals surface area contributed by atoms with Crippen LogP contribution in [0.3, 0.4) is 0 Å². The quantitative estimate of drug-likeness (QED) is 0.212. The molecule has 6 nitrogen and oxygen atoms in total. The Morgan fingerprint density at radius 3 is 0.632 bits per heavy atom. The third-order valence-electron chi connectivity index (χ3n) is 0.535. The molecule has 0 aliphatic heterocycles. The van der Waals surface area contributed by atoms with Gasteiger partial charge in [0.15, 0.2) is 0 Å². The van der Waals surface area contributed by atoms with Gasteiger partial charge in [-0.15, -0.1) is 0 Å². The molecule has 0 heterocycles. The van der Waals surface area contributed by atoms with Crippen molar-refractivity contribution >= 4 is 173 Å². The standard InChI is InChI=1S/3C2H2I2O2.Ga/c3*3-1(4)2(5)6;/h3*1H,(H,5,6);/q;;;+3/p-3. The molecule has 0 fully saturated rings. The monoisotopic (exact) mass is 1000 g/mol. The molecule has 0 aliphatic rings. The van der Waals surface area contributed by atoms with E-state index in [4.69, 9.17) is 0 Å². The molecular formula is C6H3GaI6O6. The molecule has 0 aromatic heterocycles. The molecule has 0 aromatic carbocycles. The van der Waals surface area contributed by atoms with Crippen LogP contribution in [-0.4, -0.2) is 43.5 Å². The summed E-state index contributed by atoms with van der Waals surface area (Å²) in [5.41, 5.74) is 0. The van der Waals surface area contributed by atoms with Gasteiger partial charge in [-0.05, 0) is 0 Å². The molecule has 0 atom stereocenters. The molecule has 19 heavy (non-hydrogen) atoms. The first-order valence-corrected chi connectivity index (χ1v) is 10.9. The second-order valence-electron chi connectivity index (χ2n) is 1.86. The zero-order valence-electron chi connectivity index (χ0n) is 8.53. The van der Waals surface area contributed by atoms with Crippen molar-refractivity contribution in [1.29, 1.82) is 0 Å². The van der Waals surface area contributed by atoms with Gasteiger partial charge < -0.3 is 29.7 Å². The predicted molar refractivity (Wildman–Crippen MR) is 116 cm³/mol. The molecule has 0 radical (unpaired) electrons. The largest absolute Gasteiger partial charge is 3.00 e. The van der Waals surface area contributed by atoms with Crippen molar-refractivity contribution in [1.82, 2.24) is 0 Å². The number of hydrogen-bond acceptors (Lipinski definition) is 6. The summed E-state index contributed by atoms with van der Waals surface area (Å²) in [5.74, 6) is -3.05. The van der Waals surface area contributed by atoms with Gasteiger partial charge in [0.25, 0.3) is 0 Å². The van der Waals surface area contributed by atoms with Crippen molar-refractivity contribution in [2.24, 2.45) is 0 Å². The van der Waals surface area contributed by atoms with Gasteiger partial charge >= 0.3 is 19.8 Å². The molecule has 0 aliphatic carbocycles. The second-order valence-corrected chi connectivity index (χ2v) is 16.5. The molecule has 0 saturated carbocycles. The Bertz CT molecular complexity index is 230. The fraction of sp³-hybridized carbons (Fsp3) is 0.500. The summed E-state index contributed by atoms with van der Waals surface area (Å²) in [7, 11) is 0. The fourth-order valence-electron chi connectivity index (χ4n) is 0. The summed E-state index contributed by atoms with van der Waals surface area (Å²) in [6.45, 7) is 0. The second kappa shape index (κ2) is 19.5. The van der Waals surface area contributed by atoms with Crippen LogP contribution >= 0.6 is 136 Å². The third-order valence-corrected chi connectivity index (χ3v) is 3.59. The Hall–Kier alpha value is 3.43. The molecule has 0 saturated heterocycles. The van der Waals surface area contributed by atoms with Crippen LogP contribution in [0.2, 0.25) is 0 Å². The van der Waals surface area contributed by atoms with Crippen molar-refractivity contribution in [3.05, 3.63) is 0 Å². The molecule has 13 heteroatoms. The van der Waals surface area contributed by atoms with Gasteiger partial charge in [-0.3, -0.25) is 0 Å². The maximum absolute atomic E-state index is 9.57. The van der Waals surface area contributed by atoms with Crippen molar-refractivity contribution in [2.75, 3.05) is 0 Å². The SMILES string of the molecule is O=C([O-])C(I)I.O=C([O-])C(I)I.O=C([O-])C(I)I.[Ga+3]. The zero-order valence-corrected chi connectivity index (χ0v) is 23.9. The smallest absolute Gasteiger partial charge is 0.548 e. The van der Waals surface area contributed by atoms with E-state index in [9.17, 15) is 29.7 Å². The van der Waals surface area contributed by atoms with E-state index in [-0.39, 0.29) is 19.8 Å². The van der Waals surface area contributed by atoms with E-state index < -0.39 is 23.7 Å². The Labute approximate surface area is 204 Å². The van der Waals surface area contributed by atoms with Crippen molar-refractivity contribution in [3.63, 3.8) is 0 Å². The van der Waals surface area contributed by atoms with Crippen LogP contribution in [0.1, 0.15) is 0 Å². The average molecular weight is 1000 g/mol. The minimum Gasteiger partial charge on any atom is -0.548 e. The van der Waals surface area contributed by atoms with Crippen LogP contribution in [0.25, 0.3) is 0 Å². The van der Waals surface area contributed by atoms with E-state index in [1.54, 1.807) is 136 Å². The normalized spacial score (nSPS) is 8.68. The average Bonchev–Trinajstić information content (AvgIpc) is 2.18. The summed E-state index contributed by atoms with van der Waals surface area (Å²) in [6.07, 6.45) is 0. The van der Waals surface area contributed by atoms with E-state index >= 15 is 0 Å². The van der Waals surface area contributed by atoms with Crippen molar-refractivity contribution in [2.45, 2.75) is 5.79 Å². The number of carbonyl (C=O) groups is 3. The van der Waals surface area contributed by atoms with E-state index in [2.05, 4.69) is 0 Å². The number of carboxylic acid groups (broad SMARTS) is 3. The fourth-order valence-corrected chi connectivity index (χ4v) is 0. The number of rotatable bonds is 3. The van der Waals surface area contributed by atoms with Crippen molar-refractivity contribution in [3.8, 4) is 0 Å². The minimum atomic E-state index is -1.02. The van der Waals surface area contributed by atoms with Gasteiger partial charge in [0.05, 0.1) is 17.9 Å². The van der Waals surface area contributed by atoms with Crippen molar-refractivity contribution < 1.29 is 29.7 Å². The van der Waals surface area contributed by atoms with E-state index in [1.165, 1.54) is 0 Å². The van der Waals surface area contributed by atoms with Gasteiger partial charge in [-0.1, -0.05) is 136 Å². The number of alkyl halides is 6. The molecule has 0 spiro atoms. The van der Waals surface area contributed by atoms with E-state index in [0.717, 1.165) is 0 Å². The van der Waals surface area contributed by atoms with Gasteiger partial charge in [-0.2, -0.15) is 0 Å². The molecule has 108 valence electrons. The van der Waals surface area contributed by atoms with Crippen LogP contribution in [0, 0.1) is 0 Å². The first-order chi connectivity index (χ1) is 7.93. The Morgan fingerprint density at radius 1 is 0.579 bits per heavy atom. The summed E-state index contributed by atoms with van der Waals surface area (Å²) in [4.78, 5) is 28.7. The van der Waals surface area contributed by atoms with Gasteiger partial charge in [0.1, 0.15) is 5.79 Å². The number of halogens is 6. The zero-order chi connectivity index (χ0) is 15.5. The van der Waals surface area contributed by atoms with Gasteiger partial charge in [0, 0.05) is 0 Å². The number of hydrogen-bond donors (Lipinski definition) is 0. The molecule has 0 bridgehead atoms. The first kappa shape index (κ1) is 30.3. The van der Waals surface area contributed by atoms with Crippen LogP contribution in [0.4, 0.5) is 0 Å². The van der Waals surface area contributed by atoms with E-state index in [1.807, 2.05) is 0 Å². The number of carboxylic acids is 3. The van der Waals surface area contributed by atoms with Crippen LogP contribution in [0.5, 0.6) is 0 Å². The number of carbonyl (C=O) groups excluding carboxylic acids is 3. The first-order valence-electron chi connectivity index (χ1n) is 3.40. The van der Waals surface area contributed by atoms with Crippen LogP contribution in [-0.2, 0) is 14.4 Å². The molecule has 0 amide bonds. The molecule has 0 aromatic rings. The summed E-state index contributed by atoms with van der Waals surface area (Å²) >= 11 is 10.5. The topological polar surface area (TPSA) is 120 Å². The van der Waals surface area contributed by atoms with Gasteiger partial charge in [-0.25, -0.2) is 0 Å². The Morgan fingerprint density at radius 2 is 0.632 bits per heavy atom. The molecule has 0 rings (SSSR count). The molecule has 0 unspecified atom stereocenters. The minimum absolute atomic E-state index is 0. The predicted octanol–water partition coefficient (Wildman–Crippen LogP) is -0.584. The van der Waals surface area contributed by atoms with Gasteiger partial charge in [0.2, 0.25) is 0 Å². The molecular weight excluding hydrogens is 999 g/mol. The van der Waals surface area contributed by atoms with E-state index in [0.29, 0.717) is 0 Å². The number of aliphatic carboxylic acids is 3. The summed E-state index contributed by atoms with van der Waals surface area (Å²) < 4.78 is -1.21. The summed E-state index contributed by atoms with van der Waals surface area (Å²) in [6, 6.07) is 0. The maximum atomic E-state index is 9.57. The maximum Gasteiger partial charge on any atom is 3.00 e. The Balaban J connectivity index is -0.0000000865. The molecule has 0 N–H and O–H groups in total. The van der Waals surface area contributed by atoms with Crippen LogP contribution < -0.4 is 15.3 Å². The van der Waals surface area contributed by atoms with Crippen LogP contribution in [0.15, 0.2) is 0 Å². The third kappa shape index (κ3) is 34.0. The Kier molecular flexibility index (Phi) is 31.1.